The minimum Gasteiger partial charge on any atom is -0.469 e. The Balaban J connectivity index is 2.36. The zero-order chi connectivity index (χ0) is 10.8. The highest BCUT2D eigenvalue weighted by Gasteiger charge is 2.17. The first-order valence-corrected chi connectivity index (χ1v) is 6.51. The van der Waals surface area contributed by atoms with Crippen molar-refractivity contribution in [2.75, 3.05) is 0 Å². The van der Waals surface area contributed by atoms with Crippen LogP contribution in [0.25, 0.3) is 0 Å². The van der Waals surface area contributed by atoms with Crippen LogP contribution in [0.4, 0.5) is 0 Å². The topological polar surface area (TPSA) is 39.2 Å². The van der Waals surface area contributed by atoms with Gasteiger partial charge in [0.2, 0.25) is 0 Å². The summed E-state index contributed by atoms with van der Waals surface area (Å²) in [6, 6.07) is 1.85. The van der Waals surface area contributed by atoms with Crippen molar-refractivity contribution in [3.8, 4) is 0 Å². The largest absolute Gasteiger partial charge is 0.469 e. The molecule has 0 saturated heterocycles. The van der Waals surface area contributed by atoms with E-state index in [1.54, 1.807) is 17.6 Å². The maximum atomic E-state index is 6.20. The molecule has 2 nitrogen and oxygen atoms in total. The van der Waals surface area contributed by atoms with E-state index in [2.05, 4.69) is 28.2 Å². The molecule has 80 valence electrons. The summed E-state index contributed by atoms with van der Waals surface area (Å²) in [6.07, 6.45) is 2.58. The molecule has 0 bridgehead atoms. The summed E-state index contributed by atoms with van der Waals surface area (Å²) < 4.78 is 6.45. The van der Waals surface area contributed by atoms with Gasteiger partial charge in [0, 0.05) is 21.8 Å². The van der Waals surface area contributed by atoms with Crippen molar-refractivity contribution in [2.45, 2.75) is 19.4 Å². The molecular weight excluding hydrogens is 274 g/mol. The number of halogens is 1. The first-order chi connectivity index (χ1) is 7.24. The highest BCUT2D eigenvalue weighted by molar-refractivity contribution is 9.10. The Morgan fingerprint density at radius 2 is 2.27 bits per heavy atom. The molecule has 0 amide bonds. The van der Waals surface area contributed by atoms with Gasteiger partial charge in [0.1, 0.15) is 5.76 Å². The zero-order valence-electron chi connectivity index (χ0n) is 8.37. The van der Waals surface area contributed by atoms with Crippen LogP contribution in [0, 0.1) is 0 Å². The molecule has 1 unspecified atom stereocenters. The van der Waals surface area contributed by atoms with E-state index in [-0.39, 0.29) is 6.04 Å². The Bertz CT molecular complexity index is 449. The average molecular weight is 286 g/mol. The molecule has 2 heterocycles. The van der Waals surface area contributed by atoms with Crippen LogP contribution in [0.15, 0.2) is 32.0 Å². The second-order valence-electron chi connectivity index (χ2n) is 3.31. The second kappa shape index (κ2) is 4.51. The Hall–Kier alpha value is -0.580. The van der Waals surface area contributed by atoms with Crippen molar-refractivity contribution in [1.29, 1.82) is 0 Å². The number of rotatable bonds is 3. The monoisotopic (exact) mass is 285 g/mol. The third kappa shape index (κ3) is 2.02. The van der Waals surface area contributed by atoms with Crippen LogP contribution in [0.2, 0.25) is 0 Å². The fraction of sp³-hybridized carbons (Fsp3) is 0.273. The van der Waals surface area contributed by atoms with Crippen LogP contribution in [0.1, 0.15) is 29.9 Å². The number of aryl methyl sites for hydroxylation is 1. The molecule has 0 radical (unpaired) electrons. The summed E-state index contributed by atoms with van der Waals surface area (Å²) in [7, 11) is 0. The molecular formula is C11H12BrNOS. The normalized spacial score (nSPS) is 13.0. The molecule has 2 rings (SSSR count). The van der Waals surface area contributed by atoms with Crippen molar-refractivity contribution in [3.63, 3.8) is 0 Å². The Labute approximate surface area is 101 Å². The minimum atomic E-state index is -0.0978. The summed E-state index contributed by atoms with van der Waals surface area (Å²) in [5.41, 5.74) is 8.40. The number of thiophene rings is 1. The predicted molar refractivity (Wildman–Crippen MR) is 66.1 cm³/mol. The number of hydrogen-bond acceptors (Lipinski definition) is 3. The maximum Gasteiger partial charge on any atom is 0.108 e. The molecule has 0 aliphatic heterocycles. The lowest BCUT2D eigenvalue weighted by Gasteiger charge is -2.10. The maximum absolute atomic E-state index is 6.20. The molecule has 15 heavy (non-hydrogen) atoms. The molecule has 0 aliphatic rings. The quantitative estimate of drug-likeness (QED) is 0.934. The van der Waals surface area contributed by atoms with Gasteiger partial charge in [0.05, 0.1) is 12.3 Å². The molecule has 0 saturated carbocycles. The summed E-state index contributed by atoms with van der Waals surface area (Å²) in [6.45, 7) is 2.07. The van der Waals surface area contributed by atoms with Crippen molar-refractivity contribution in [3.05, 3.63) is 44.4 Å². The highest BCUT2D eigenvalue weighted by Crippen LogP contribution is 2.31. The molecule has 0 fully saturated rings. The van der Waals surface area contributed by atoms with E-state index in [0.717, 1.165) is 27.8 Å². The van der Waals surface area contributed by atoms with Gasteiger partial charge in [0.15, 0.2) is 0 Å². The van der Waals surface area contributed by atoms with Gasteiger partial charge < -0.3 is 10.2 Å². The molecule has 2 aromatic rings. The van der Waals surface area contributed by atoms with Crippen molar-refractivity contribution >= 4 is 27.3 Å². The first-order valence-electron chi connectivity index (χ1n) is 4.77. The Kier molecular flexibility index (Phi) is 3.29. The predicted octanol–water partition coefficient (Wildman–Crippen LogP) is 3.71. The van der Waals surface area contributed by atoms with Crippen molar-refractivity contribution < 1.29 is 4.42 Å². The standard InChI is InChI=1S/C11H12BrNOS/c1-2-10-7(3-4-14-10)11(13)8-5-15-6-9(8)12/h3-6,11H,2,13H2,1H3. The van der Waals surface area contributed by atoms with Gasteiger partial charge in [-0.15, -0.1) is 0 Å². The number of furan rings is 1. The molecule has 2 N–H and O–H groups in total. The van der Waals surface area contributed by atoms with E-state index < -0.39 is 0 Å². The smallest absolute Gasteiger partial charge is 0.108 e. The first kappa shape index (κ1) is 10.9. The van der Waals surface area contributed by atoms with E-state index in [9.17, 15) is 0 Å². The number of nitrogens with two attached hydrogens (primary N) is 1. The van der Waals surface area contributed by atoms with E-state index in [0.29, 0.717) is 0 Å². The number of hydrogen-bond donors (Lipinski definition) is 1. The van der Waals surface area contributed by atoms with Crippen LogP contribution in [0.5, 0.6) is 0 Å². The van der Waals surface area contributed by atoms with E-state index in [4.69, 9.17) is 10.2 Å². The van der Waals surface area contributed by atoms with Gasteiger partial charge in [-0.3, -0.25) is 0 Å². The summed E-state index contributed by atoms with van der Waals surface area (Å²) in [5.74, 6) is 0.973. The average Bonchev–Trinajstić information content (AvgIpc) is 2.84. The Morgan fingerprint density at radius 1 is 1.47 bits per heavy atom. The van der Waals surface area contributed by atoms with E-state index in [1.807, 2.05) is 11.4 Å². The summed E-state index contributed by atoms with van der Waals surface area (Å²) in [5, 5.41) is 4.11. The molecule has 0 spiro atoms. The summed E-state index contributed by atoms with van der Waals surface area (Å²) in [4.78, 5) is 0. The third-order valence-corrected chi connectivity index (χ3v) is 4.17. The molecule has 1 atom stereocenters. The fourth-order valence-electron chi connectivity index (χ4n) is 1.60. The molecule has 0 aromatic carbocycles. The van der Waals surface area contributed by atoms with Gasteiger partial charge >= 0.3 is 0 Å². The lowest BCUT2D eigenvalue weighted by Crippen LogP contribution is -2.12. The molecule has 2 aromatic heterocycles. The van der Waals surface area contributed by atoms with E-state index in [1.165, 1.54) is 0 Å². The SMILES string of the molecule is CCc1occc1C(N)c1cscc1Br. The van der Waals surface area contributed by atoms with Crippen LogP contribution >= 0.6 is 27.3 Å². The highest BCUT2D eigenvalue weighted by atomic mass is 79.9. The van der Waals surface area contributed by atoms with Gasteiger partial charge in [-0.2, -0.15) is 11.3 Å². The lowest BCUT2D eigenvalue weighted by atomic mass is 10.0. The van der Waals surface area contributed by atoms with Crippen molar-refractivity contribution in [2.24, 2.45) is 5.73 Å². The second-order valence-corrected chi connectivity index (χ2v) is 4.90. The lowest BCUT2D eigenvalue weighted by molar-refractivity contribution is 0.509. The third-order valence-electron chi connectivity index (χ3n) is 2.41. The van der Waals surface area contributed by atoms with Gasteiger partial charge in [-0.1, -0.05) is 6.92 Å². The van der Waals surface area contributed by atoms with Crippen LogP contribution in [0.3, 0.4) is 0 Å². The molecule has 0 aliphatic carbocycles. The Morgan fingerprint density at radius 3 is 2.87 bits per heavy atom. The van der Waals surface area contributed by atoms with Crippen molar-refractivity contribution in [1.82, 2.24) is 0 Å². The van der Waals surface area contributed by atoms with E-state index >= 15 is 0 Å². The van der Waals surface area contributed by atoms with Gasteiger partial charge in [0.25, 0.3) is 0 Å². The van der Waals surface area contributed by atoms with Crippen LogP contribution in [-0.2, 0) is 6.42 Å². The molecule has 4 heteroatoms. The fourth-order valence-corrected chi connectivity index (χ4v) is 3.18. The zero-order valence-corrected chi connectivity index (χ0v) is 10.8. The van der Waals surface area contributed by atoms with Crippen LogP contribution in [-0.4, -0.2) is 0 Å². The minimum absolute atomic E-state index is 0.0978. The van der Waals surface area contributed by atoms with Gasteiger partial charge in [-0.25, -0.2) is 0 Å². The van der Waals surface area contributed by atoms with Crippen LogP contribution < -0.4 is 5.73 Å². The summed E-state index contributed by atoms with van der Waals surface area (Å²) >= 11 is 5.15. The van der Waals surface area contributed by atoms with Gasteiger partial charge in [-0.05, 0) is 32.9 Å².